The quantitative estimate of drug-likeness (QED) is 0.844. The number of nitrogens with one attached hydrogen (secondary N) is 1. The molecule has 2 amide bonds. The number of carbonyl (C=O) groups excluding carboxylic acids is 2. The lowest BCUT2D eigenvalue weighted by atomic mass is 9.84. The number of rotatable bonds is 2. The monoisotopic (exact) mass is 280 g/mol. The summed E-state index contributed by atoms with van der Waals surface area (Å²) in [4.78, 5) is 26.6. The van der Waals surface area contributed by atoms with Gasteiger partial charge in [0.25, 0.3) is 0 Å². The van der Waals surface area contributed by atoms with Crippen LogP contribution < -0.4 is 5.32 Å². The number of nitrogens with zero attached hydrogens (tertiary/aromatic N) is 1. The molecule has 1 aliphatic heterocycles. The van der Waals surface area contributed by atoms with Crippen LogP contribution in [0, 0.1) is 10.8 Å². The zero-order chi connectivity index (χ0) is 15.0. The third kappa shape index (κ3) is 3.33. The van der Waals surface area contributed by atoms with Crippen LogP contribution in [0.1, 0.15) is 59.8 Å². The third-order valence-electron chi connectivity index (χ3n) is 4.72. The van der Waals surface area contributed by atoms with Crippen LogP contribution >= 0.6 is 0 Å². The van der Waals surface area contributed by atoms with Gasteiger partial charge in [-0.1, -0.05) is 40.5 Å². The van der Waals surface area contributed by atoms with Crippen LogP contribution in [0.15, 0.2) is 0 Å². The van der Waals surface area contributed by atoms with Gasteiger partial charge < -0.3 is 10.2 Å². The summed E-state index contributed by atoms with van der Waals surface area (Å²) in [5.74, 6) is 0.0915. The summed E-state index contributed by atoms with van der Waals surface area (Å²) in [5.41, 5.74) is -0.00258. The average molecular weight is 280 g/mol. The molecular weight excluding hydrogens is 252 g/mol. The van der Waals surface area contributed by atoms with Gasteiger partial charge in [-0.2, -0.15) is 0 Å². The summed E-state index contributed by atoms with van der Waals surface area (Å²) >= 11 is 0. The maximum Gasteiger partial charge on any atom is 0.245 e. The molecule has 1 saturated carbocycles. The molecule has 0 aromatic heterocycles. The van der Waals surface area contributed by atoms with Crippen LogP contribution in [-0.4, -0.2) is 35.8 Å². The summed E-state index contributed by atoms with van der Waals surface area (Å²) in [6.07, 6.45) is 5.34. The highest BCUT2D eigenvalue weighted by Gasteiger charge is 2.40. The van der Waals surface area contributed by atoms with Gasteiger partial charge in [0.15, 0.2) is 0 Å². The van der Waals surface area contributed by atoms with E-state index in [4.69, 9.17) is 0 Å². The fourth-order valence-electron chi connectivity index (χ4n) is 3.42. The van der Waals surface area contributed by atoms with Crippen molar-refractivity contribution >= 4 is 11.8 Å². The SMILES string of the molecule is CC1(CN2CCC(=O)NC(C(C)(C)C)C2=O)CCCC1. The highest BCUT2D eigenvalue weighted by molar-refractivity contribution is 5.90. The largest absolute Gasteiger partial charge is 0.344 e. The average Bonchev–Trinajstić information content (AvgIpc) is 2.70. The van der Waals surface area contributed by atoms with Gasteiger partial charge >= 0.3 is 0 Å². The third-order valence-corrected chi connectivity index (χ3v) is 4.72. The lowest BCUT2D eigenvalue weighted by Gasteiger charge is -2.36. The Balaban J connectivity index is 2.15. The first-order chi connectivity index (χ1) is 9.21. The van der Waals surface area contributed by atoms with E-state index in [2.05, 4.69) is 12.2 Å². The lowest BCUT2D eigenvalue weighted by Crippen LogP contribution is -2.53. The van der Waals surface area contributed by atoms with Crippen molar-refractivity contribution in [1.29, 1.82) is 0 Å². The molecule has 1 unspecified atom stereocenters. The van der Waals surface area contributed by atoms with Gasteiger partial charge in [0.05, 0.1) is 0 Å². The standard InChI is InChI=1S/C16H28N2O2/c1-15(2,3)13-14(20)18(10-7-12(19)17-13)11-16(4)8-5-6-9-16/h13H,5-11H2,1-4H3,(H,17,19). The van der Waals surface area contributed by atoms with E-state index in [0.717, 1.165) is 6.54 Å². The van der Waals surface area contributed by atoms with E-state index in [1.165, 1.54) is 25.7 Å². The molecule has 0 bridgehead atoms. The van der Waals surface area contributed by atoms with E-state index >= 15 is 0 Å². The summed E-state index contributed by atoms with van der Waals surface area (Å²) in [5, 5.41) is 2.91. The van der Waals surface area contributed by atoms with Crippen LogP contribution in [0.3, 0.4) is 0 Å². The maximum absolute atomic E-state index is 12.8. The zero-order valence-corrected chi connectivity index (χ0v) is 13.3. The Kier molecular flexibility index (Phi) is 4.12. The first-order valence-corrected chi connectivity index (χ1v) is 7.79. The maximum atomic E-state index is 12.8. The normalized spacial score (nSPS) is 27.4. The Morgan fingerprint density at radius 3 is 2.40 bits per heavy atom. The van der Waals surface area contributed by atoms with Crippen molar-refractivity contribution in [2.45, 2.75) is 65.8 Å². The van der Waals surface area contributed by atoms with E-state index < -0.39 is 6.04 Å². The van der Waals surface area contributed by atoms with Crippen molar-refractivity contribution in [3.8, 4) is 0 Å². The fraction of sp³-hybridized carbons (Fsp3) is 0.875. The minimum Gasteiger partial charge on any atom is -0.344 e. The number of amides is 2. The van der Waals surface area contributed by atoms with Gasteiger partial charge in [0.2, 0.25) is 11.8 Å². The minimum atomic E-state index is -0.400. The number of hydrogen-bond donors (Lipinski definition) is 1. The molecule has 114 valence electrons. The molecule has 4 heteroatoms. The second kappa shape index (κ2) is 5.38. The fourth-order valence-corrected chi connectivity index (χ4v) is 3.42. The van der Waals surface area contributed by atoms with Crippen molar-refractivity contribution in [2.24, 2.45) is 10.8 Å². The molecule has 1 heterocycles. The molecule has 4 nitrogen and oxygen atoms in total. The highest BCUT2D eigenvalue weighted by atomic mass is 16.2. The van der Waals surface area contributed by atoms with Gasteiger partial charge in [-0.3, -0.25) is 9.59 Å². The predicted molar refractivity (Wildman–Crippen MR) is 79.2 cm³/mol. The predicted octanol–water partition coefficient (Wildman–Crippen LogP) is 2.33. The van der Waals surface area contributed by atoms with Crippen LogP contribution in [-0.2, 0) is 9.59 Å². The van der Waals surface area contributed by atoms with Crippen molar-refractivity contribution in [2.75, 3.05) is 13.1 Å². The Bertz CT molecular complexity index is 392. The Hall–Kier alpha value is -1.06. The van der Waals surface area contributed by atoms with E-state index in [1.54, 1.807) is 0 Å². The van der Waals surface area contributed by atoms with Crippen molar-refractivity contribution in [3.63, 3.8) is 0 Å². The van der Waals surface area contributed by atoms with E-state index in [1.807, 2.05) is 25.7 Å². The molecule has 1 atom stereocenters. The van der Waals surface area contributed by atoms with Gasteiger partial charge in [0.1, 0.15) is 6.04 Å². The van der Waals surface area contributed by atoms with Gasteiger partial charge in [-0.25, -0.2) is 0 Å². The van der Waals surface area contributed by atoms with Crippen molar-refractivity contribution < 1.29 is 9.59 Å². The zero-order valence-electron chi connectivity index (χ0n) is 13.3. The van der Waals surface area contributed by atoms with E-state index in [-0.39, 0.29) is 22.6 Å². The molecular formula is C16H28N2O2. The molecule has 1 N–H and O–H groups in total. The second-order valence-corrected chi connectivity index (χ2v) is 7.89. The lowest BCUT2D eigenvalue weighted by molar-refractivity contribution is -0.137. The first kappa shape index (κ1) is 15.3. The van der Waals surface area contributed by atoms with Crippen molar-refractivity contribution in [3.05, 3.63) is 0 Å². The molecule has 0 radical (unpaired) electrons. The molecule has 2 fully saturated rings. The van der Waals surface area contributed by atoms with Crippen LogP contribution in [0.4, 0.5) is 0 Å². The molecule has 2 rings (SSSR count). The summed E-state index contributed by atoms with van der Waals surface area (Å²) in [7, 11) is 0. The number of hydrogen-bond acceptors (Lipinski definition) is 2. The Labute approximate surface area is 122 Å². The van der Waals surface area contributed by atoms with E-state index in [9.17, 15) is 9.59 Å². The highest BCUT2D eigenvalue weighted by Crippen LogP contribution is 2.38. The van der Waals surface area contributed by atoms with Gasteiger partial charge in [-0.15, -0.1) is 0 Å². The molecule has 1 aliphatic carbocycles. The van der Waals surface area contributed by atoms with Crippen LogP contribution in [0.5, 0.6) is 0 Å². The topological polar surface area (TPSA) is 49.4 Å². The van der Waals surface area contributed by atoms with Crippen molar-refractivity contribution in [1.82, 2.24) is 10.2 Å². The molecule has 0 aromatic rings. The molecule has 20 heavy (non-hydrogen) atoms. The smallest absolute Gasteiger partial charge is 0.245 e. The summed E-state index contributed by atoms with van der Waals surface area (Å²) in [6, 6.07) is -0.400. The van der Waals surface area contributed by atoms with E-state index in [0.29, 0.717) is 13.0 Å². The van der Waals surface area contributed by atoms with Crippen LogP contribution in [0.25, 0.3) is 0 Å². The molecule has 0 spiro atoms. The minimum absolute atomic E-state index is 0.00245. The Morgan fingerprint density at radius 2 is 1.85 bits per heavy atom. The Morgan fingerprint density at radius 1 is 1.25 bits per heavy atom. The molecule has 1 saturated heterocycles. The molecule has 0 aromatic carbocycles. The summed E-state index contributed by atoms with van der Waals surface area (Å²) < 4.78 is 0. The second-order valence-electron chi connectivity index (χ2n) is 7.89. The van der Waals surface area contributed by atoms with Gasteiger partial charge in [-0.05, 0) is 23.7 Å². The summed E-state index contributed by atoms with van der Waals surface area (Å²) in [6.45, 7) is 9.67. The first-order valence-electron chi connectivity index (χ1n) is 7.79. The molecule has 2 aliphatic rings. The van der Waals surface area contributed by atoms with Gasteiger partial charge in [0, 0.05) is 19.5 Å². The number of carbonyl (C=O) groups is 2. The van der Waals surface area contributed by atoms with Crippen LogP contribution in [0.2, 0.25) is 0 Å².